The van der Waals surface area contributed by atoms with Gasteiger partial charge in [0.05, 0.1) is 26.9 Å². The summed E-state index contributed by atoms with van der Waals surface area (Å²) in [6, 6.07) is 0. The van der Waals surface area contributed by atoms with Crippen LogP contribution in [-0.4, -0.2) is 171 Å². The zero-order valence-corrected chi connectivity index (χ0v) is 24.7. The van der Waals surface area contributed by atoms with E-state index in [1.807, 2.05) is 0 Å². The Morgan fingerprint density at radius 2 is 1.25 bits per heavy atom. The molecule has 3 aliphatic heterocycles. The Morgan fingerprint density at radius 3 is 1.91 bits per heavy atom. The highest BCUT2D eigenvalue weighted by atomic mass is 16.8. The van der Waals surface area contributed by atoms with Crippen LogP contribution in [0.5, 0.6) is 0 Å². The van der Waals surface area contributed by atoms with Crippen molar-refractivity contribution in [1.82, 2.24) is 0 Å². The Bertz CT molecular complexity index is 836. The Labute approximate surface area is 254 Å². The molecular formula is C27H48O17. The number of ether oxygens (including phenoxy) is 7. The standard InChI is InChI=1S/C27H48O17/c1-38-16(31)8-6-4-2-3-5-7-9-39-26-22(37)23(19(34)15(11-29)41-26)43-27-24(20(35)18(33)14(10-28)42-27)44-25-21(36)17(32)13(30)12-40-25/h13-15,17-30,32-37H,2-12H2,1H3/t13-,14-,15-,17+,18-,19-,20+,21-,22-,23+,24-,25-,26+,27-/m1/s1. The van der Waals surface area contributed by atoms with Gasteiger partial charge in [-0.3, -0.25) is 4.79 Å². The van der Waals surface area contributed by atoms with Gasteiger partial charge in [-0.1, -0.05) is 25.7 Å². The molecule has 17 heteroatoms. The van der Waals surface area contributed by atoms with Crippen LogP contribution in [0.2, 0.25) is 0 Å². The number of hydrogen-bond donors (Lipinski definition) is 9. The first kappa shape index (κ1) is 37.3. The lowest BCUT2D eigenvalue weighted by Crippen LogP contribution is -2.66. The minimum absolute atomic E-state index is 0.166. The normalized spacial score (nSPS) is 41.4. The van der Waals surface area contributed by atoms with E-state index in [0.29, 0.717) is 12.8 Å². The van der Waals surface area contributed by atoms with Crippen molar-refractivity contribution >= 4 is 5.97 Å². The molecule has 0 aromatic carbocycles. The predicted octanol–water partition coefficient (Wildman–Crippen LogP) is -4.01. The largest absolute Gasteiger partial charge is 0.469 e. The average Bonchev–Trinajstić information content (AvgIpc) is 3.02. The SMILES string of the molecule is COC(=O)CCCCCCCCO[C@H]1O[C@H](CO)[C@@H](O)[C@H](O[C@H]2O[C@H](CO)[C@@H](O)[C@H](O)[C@H]2O[C@H]2OC[C@@H](O)[C@H](O)[C@H]2O)[C@H]1O. The van der Waals surface area contributed by atoms with Gasteiger partial charge in [-0.25, -0.2) is 0 Å². The molecule has 3 saturated heterocycles. The monoisotopic (exact) mass is 644 g/mol. The molecule has 0 aliphatic carbocycles. The zero-order valence-electron chi connectivity index (χ0n) is 24.7. The molecule has 0 spiro atoms. The van der Waals surface area contributed by atoms with Gasteiger partial charge in [0.2, 0.25) is 0 Å². The molecular weight excluding hydrogens is 596 g/mol. The lowest BCUT2D eigenvalue weighted by molar-refractivity contribution is -0.383. The fraction of sp³-hybridized carbons (Fsp3) is 0.963. The molecule has 0 amide bonds. The van der Waals surface area contributed by atoms with E-state index in [-0.39, 0.29) is 12.6 Å². The number of carbonyl (C=O) groups is 1. The van der Waals surface area contributed by atoms with Gasteiger partial charge < -0.3 is 79.1 Å². The molecule has 0 radical (unpaired) electrons. The highest BCUT2D eigenvalue weighted by Gasteiger charge is 2.53. The summed E-state index contributed by atoms with van der Waals surface area (Å²) in [6.45, 7) is -1.69. The first-order chi connectivity index (χ1) is 21.0. The minimum atomic E-state index is -1.80. The summed E-state index contributed by atoms with van der Waals surface area (Å²) in [5.41, 5.74) is 0. The Kier molecular flexibility index (Phi) is 15.5. The zero-order chi connectivity index (χ0) is 32.4. The number of methoxy groups -OCH3 is 1. The number of rotatable bonds is 16. The van der Waals surface area contributed by atoms with E-state index in [1.54, 1.807) is 0 Å². The van der Waals surface area contributed by atoms with Crippen LogP contribution < -0.4 is 0 Å². The molecule has 0 aromatic heterocycles. The Morgan fingerprint density at radius 1 is 0.659 bits per heavy atom. The van der Waals surface area contributed by atoms with Crippen LogP contribution in [-0.2, 0) is 38.0 Å². The fourth-order valence-electron chi connectivity index (χ4n) is 5.25. The summed E-state index contributed by atoms with van der Waals surface area (Å²) in [7, 11) is 1.35. The van der Waals surface area contributed by atoms with Gasteiger partial charge in [-0.15, -0.1) is 0 Å². The van der Waals surface area contributed by atoms with Crippen LogP contribution in [0, 0.1) is 0 Å². The highest BCUT2D eigenvalue weighted by Crippen LogP contribution is 2.32. The maximum absolute atomic E-state index is 11.2. The van der Waals surface area contributed by atoms with Crippen molar-refractivity contribution in [3.8, 4) is 0 Å². The number of esters is 1. The summed E-state index contributed by atoms with van der Waals surface area (Å²) < 4.78 is 38.1. The second-order valence-electron chi connectivity index (χ2n) is 11.2. The molecule has 0 saturated carbocycles. The lowest BCUT2D eigenvalue weighted by atomic mass is 9.96. The second-order valence-corrected chi connectivity index (χ2v) is 11.2. The van der Waals surface area contributed by atoms with E-state index < -0.39 is 106 Å². The first-order valence-electron chi connectivity index (χ1n) is 14.9. The Hall–Kier alpha value is -1.13. The fourth-order valence-corrected chi connectivity index (χ4v) is 5.25. The van der Waals surface area contributed by atoms with Crippen molar-refractivity contribution in [3.63, 3.8) is 0 Å². The number of carbonyl (C=O) groups excluding carboxylic acids is 1. The van der Waals surface area contributed by atoms with Crippen molar-refractivity contribution in [3.05, 3.63) is 0 Å². The molecule has 258 valence electrons. The maximum Gasteiger partial charge on any atom is 0.305 e. The molecule has 3 rings (SSSR count). The van der Waals surface area contributed by atoms with Crippen LogP contribution in [0.25, 0.3) is 0 Å². The number of unbranched alkanes of at least 4 members (excludes halogenated alkanes) is 5. The van der Waals surface area contributed by atoms with Crippen molar-refractivity contribution in [2.45, 2.75) is 131 Å². The summed E-state index contributed by atoms with van der Waals surface area (Å²) in [6.07, 6.45) is -16.9. The molecule has 0 aromatic rings. The molecule has 14 atom stereocenters. The van der Waals surface area contributed by atoms with Crippen LogP contribution in [0.15, 0.2) is 0 Å². The van der Waals surface area contributed by atoms with E-state index in [4.69, 9.17) is 28.4 Å². The summed E-state index contributed by atoms with van der Waals surface area (Å²) >= 11 is 0. The van der Waals surface area contributed by atoms with Crippen molar-refractivity contribution in [2.75, 3.05) is 33.5 Å². The average molecular weight is 645 g/mol. The maximum atomic E-state index is 11.2. The molecule has 17 nitrogen and oxygen atoms in total. The lowest BCUT2D eigenvalue weighted by Gasteiger charge is -2.48. The molecule has 44 heavy (non-hydrogen) atoms. The molecule has 3 aliphatic rings. The predicted molar refractivity (Wildman–Crippen MR) is 143 cm³/mol. The van der Waals surface area contributed by atoms with Crippen LogP contribution in [0.3, 0.4) is 0 Å². The quantitative estimate of drug-likeness (QED) is 0.0572. The third kappa shape index (κ3) is 9.69. The van der Waals surface area contributed by atoms with Crippen LogP contribution in [0.4, 0.5) is 0 Å². The number of hydrogen-bond acceptors (Lipinski definition) is 17. The van der Waals surface area contributed by atoms with E-state index in [1.165, 1.54) is 7.11 Å². The summed E-state index contributed by atoms with van der Waals surface area (Å²) in [4.78, 5) is 11.2. The second kappa shape index (κ2) is 18.3. The molecule has 9 N–H and O–H groups in total. The van der Waals surface area contributed by atoms with E-state index in [0.717, 1.165) is 32.1 Å². The first-order valence-corrected chi connectivity index (χ1v) is 14.9. The van der Waals surface area contributed by atoms with Crippen molar-refractivity contribution in [2.24, 2.45) is 0 Å². The van der Waals surface area contributed by atoms with E-state index >= 15 is 0 Å². The smallest absolute Gasteiger partial charge is 0.305 e. The molecule has 3 fully saturated rings. The van der Waals surface area contributed by atoms with Gasteiger partial charge in [0.1, 0.15) is 67.1 Å². The van der Waals surface area contributed by atoms with Crippen molar-refractivity contribution in [1.29, 1.82) is 0 Å². The molecule has 3 heterocycles. The van der Waals surface area contributed by atoms with Crippen molar-refractivity contribution < 1.29 is 83.9 Å². The minimum Gasteiger partial charge on any atom is -0.469 e. The topological polar surface area (TPSA) is 264 Å². The number of aliphatic hydroxyl groups excluding tert-OH is 9. The van der Waals surface area contributed by atoms with Gasteiger partial charge in [0.25, 0.3) is 0 Å². The number of aliphatic hydroxyl groups is 9. The summed E-state index contributed by atoms with van der Waals surface area (Å²) in [5, 5.41) is 92.6. The molecule has 0 unspecified atom stereocenters. The van der Waals surface area contributed by atoms with Gasteiger partial charge in [0, 0.05) is 13.0 Å². The van der Waals surface area contributed by atoms with E-state index in [9.17, 15) is 50.8 Å². The van der Waals surface area contributed by atoms with Crippen LogP contribution in [0.1, 0.15) is 44.9 Å². The Balaban J connectivity index is 1.61. The highest BCUT2D eigenvalue weighted by molar-refractivity contribution is 5.68. The third-order valence-electron chi connectivity index (χ3n) is 7.97. The molecule has 0 bridgehead atoms. The van der Waals surface area contributed by atoms with Gasteiger partial charge in [-0.05, 0) is 12.8 Å². The van der Waals surface area contributed by atoms with Crippen LogP contribution >= 0.6 is 0 Å². The van der Waals surface area contributed by atoms with Gasteiger partial charge in [0.15, 0.2) is 18.9 Å². The van der Waals surface area contributed by atoms with Gasteiger partial charge in [-0.2, -0.15) is 0 Å². The van der Waals surface area contributed by atoms with Gasteiger partial charge >= 0.3 is 5.97 Å². The summed E-state index contributed by atoms with van der Waals surface area (Å²) in [5.74, 6) is -0.240. The third-order valence-corrected chi connectivity index (χ3v) is 7.97. The van der Waals surface area contributed by atoms with E-state index in [2.05, 4.69) is 4.74 Å².